The summed E-state index contributed by atoms with van der Waals surface area (Å²) in [6.45, 7) is 3.18. The number of nitrogens with one attached hydrogen (secondary N) is 1. The zero-order valence-electron chi connectivity index (χ0n) is 7.39. The van der Waals surface area contributed by atoms with Crippen molar-refractivity contribution in [2.24, 2.45) is 0 Å². The molecule has 0 saturated carbocycles. The molecule has 0 aromatic rings. The molecule has 0 amide bonds. The molecule has 3 heteroatoms. The molecule has 0 aliphatic rings. The van der Waals surface area contributed by atoms with Gasteiger partial charge in [-0.2, -0.15) is 0 Å². The maximum Gasteiger partial charge on any atom is 0.176 e. The number of carbonyl (C=O) groups is 2. The van der Waals surface area contributed by atoms with Crippen LogP contribution in [0.4, 0.5) is 0 Å². The van der Waals surface area contributed by atoms with Crippen molar-refractivity contribution in [1.82, 2.24) is 0 Å². The third kappa shape index (κ3) is 4.55. The van der Waals surface area contributed by atoms with Crippen molar-refractivity contribution < 1.29 is 9.59 Å². The second kappa shape index (κ2) is 5.41. The molecular formula is C9H13NO2. The normalized spacial score (nSPS) is 10.2. The van der Waals surface area contributed by atoms with Crippen LogP contribution >= 0.6 is 0 Å². The lowest BCUT2D eigenvalue weighted by atomic mass is 10.1. The average molecular weight is 167 g/mol. The Morgan fingerprint density at radius 3 is 2.33 bits per heavy atom. The Balaban J connectivity index is 3.76. The second-order valence-electron chi connectivity index (χ2n) is 2.51. The van der Waals surface area contributed by atoms with Gasteiger partial charge in [-0.1, -0.05) is 6.08 Å². The zero-order chi connectivity index (χ0) is 9.56. The third-order valence-electron chi connectivity index (χ3n) is 1.37. The fourth-order valence-corrected chi connectivity index (χ4v) is 0.693. The minimum absolute atomic E-state index is 0.0169. The summed E-state index contributed by atoms with van der Waals surface area (Å²) in [4.78, 5) is 21.7. The van der Waals surface area contributed by atoms with E-state index in [1.54, 1.807) is 13.0 Å². The molecule has 0 saturated heterocycles. The quantitative estimate of drug-likeness (QED) is 0.498. The fourth-order valence-electron chi connectivity index (χ4n) is 0.693. The maximum atomic E-state index is 10.9. The molecular weight excluding hydrogens is 154 g/mol. The van der Waals surface area contributed by atoms with Crippen LogP contribution in [0.25, 0.3) is 0 Å². The molecule has 0 rings (SSSR count). The standard InChI is InChI=1S/C9H13NO2/c1-3-4-8(11)5-6-9(12)7(2)10/h3-4,10H,5-6H2,1-2H3/b4-3+,10-7?. The minimum atomic E-state index is -0.257. The summed E-state index contributed by atoms with van der Waals surface area (Å²) in [5, 5.41) is 6.97. The van der Waals surface area contributed by atoms with E-state index in [0.717, 1.165) is 0 Å². The molecule has 0 aromatic heterocycles. The Morgan fingerprint density at radius 1 is 1.33 bits per heavy atom. The van der Waals surface area contributed by atoms with Gasteiger partial charge >= 0.3 is 0 Å². The molecule has 12 heavy (non-hydrogen) atoms. The molecule has 0 aromatic carbocycles. The minimum Gasteiger partial charge on any atom is -0.302 e. The van der Waals surface area contributed by atoms with E-state index in [4.69, 9.17) is 5.41 Å². The van der Waals surface area contributed by atoms with E-state index in [2.05, 4.69) is 0 Å². The van der Waals surface area contributed by atoms with Crippen molar-refractivity contribution in [3.05, 3.63) is 12.2 Å². The summed E-state index contributed by atoms with van der Waals surface area (Å²) in [6, 6.07) is 0. The van der Waals surface area contributed by atoms with Crippen LogP contribution < -0.4 is 0 Å². The first-order valence-electron chi connectivity index (χ1n) is 3.81. The maximum absolute atomic E-state index is 10.9. The van der Waals surface area contributed by atoms with Gasteiger partial charge in [0.25, 0.3) is 0 Å². The Kier molecular flexibility index (Phi) is 4.84. The number of rotatable bonds is 5. The van der Waals surface area contributed by atoms with Gasteiger partial charge in [-0.05, 0) is 19.9 Å². The highest BCUT2D eigenvalue weighted by molar-refractivity contribution is 6.37. The summed E-state index contributed by atoms with van der Waals surface area (Å²) in [7, 11) is 0. The summed E-state index contributed by atoms with van der Waals surface area (Å²) in [6.07, 6.45) is 3.44. The third-order valence-corrected chi connectivity index (χ3v) is 1.37. The summed E-state index contributed by atoms with van der Waals surface area (Å²) >= 11 is 0. The molecule has 66 valence electrons. The summed E-state index contributed by atoms with van der Waals surface area (Å²) < 4.78 is 0. The van der Waals surface area contributed by atoms with Crippen LogP contribution in [0.1, 0.15) is 26.7 Å². The van der Waals surface area contributed by atoms with Crippen molar-refractivity contribution in [1.29, 1.82) is 5.41 Å². The van der Waals surface area contributed by atoms with Crippen molar-refractivity contribution in [3.63, 3.8) is 0 Å². The molecule has 0 spiro atoms. The highest BCUT2D eigenvalue weighted by Gasteiger charge is 2.05. The second-order valence-corrected chi connectivity index (χ2v) is 2.51. The van der Waals surface area contributed by atoms with Gasteiger partial charge in [0, 0.05) is 12.8 Å². The van der Waals surface area contributed by atoms with E-state index in [-0.39, 0.29) is 30.1 Å². The molecule has 0 unspecified atom stereocenters. The lowest BCUT2D eigenvalue weighted by molar-refractivity contribution is -0.118. The van der Waals surface area contributed by atoms with Crippen molar-refractivity contribution in [2.45, 2.75) is 26.7 Å². The topological polar surface area (TPSA) is 58.0 Å². The molecule has 1 N–H and O–H groups in total. The largest absolute Gasteiger partial charge is 0.302 e. The molecule has 0 heterocycles. The molecule has 0 atom stereocenters. The van der Waals surface area contributed by atoms with Crippen LogP contribution in [-0.2, 0) is 9.59 Å². The number of Topliss-reactive ketones (excluding diaryl/α,β-unsaturated/α-hetero) is 1. The fraction of sp³-hybridized carbons (Fsp3) is 0.444. The first-order chi connectivity index (χ1) is 5.57. The number of hydrogen-bond acceptors (Lipinski definition) is 3. The average Bonchev–Trinajstić information content (AvgIpc) is 2.00. The Labute approximate surface area is 72.0 Å². The number of allylic oxidation sites excluding steroid dienone is 2. The van der Waals surface area contributed by atoms with Gasteiger partial charge in [-0.15, -0.1) is 0 Å². The SMILES string of the molecule is C/C=C/C(=O)CCC(=O)C(C)=N. The first-order valence-corrected chi connectivity index (χ1v) is 3.81. The number of ketones is 2. The Morgan fingerprint density at radius 2 is 1.92 bits per heavy atom. The van der Waals surface area contributed by atoms with Crippen LogP contribution in [0.3, 0.4) is 0 Å². The van der Waals surface area contributed by atoms with Crippen LogP contribution in [0, 0.1) is 5.41 Å². The predicted molar refractivity (Wildman–Crippen MR) is 47.5 cm³/mol. The predicted octanol–water partition coefficient (Wildman–Crippen LogP) is 1.52. The summed E-state index contributed by atoms with van der Waals surface area (Å²) in [5.41, 5.74) is 0.0169. The van der Waals surface area contributed by atoms with Crippen LogP contribution in [0.5, 0.6) is 0 Å². The van der Waals surface area contributed by atoms with E-state index in [9.17, 15) is 9.59 Å². The van der Waals surface area contributed by atoms with E-state index in [1.165, 1.54) is 13.0 Å². The Hall–Kier alpha value is -1.25. The van der Waals surface area contributed by atoms with Gasteiger partial charge in [-0.25, -0.2) is 0 Å². The molecule has 0 aliphatic heterocycles. The van der Waals surface area contributed by atoms with Crippen LogP contribution in [0.15, 0.2) is 12.2 Å². The van der Waals surface area contributed by atoms with Gasteiger partial charge in [0.2, 0.25) is 0 Å². The smallest absolute Gasteiger partial charge is 0.176 e. The molecule has 3 nitrogen and oxygen atoms in total. The van der Waals surface area contributed by atoms with E-state index in [0.29, 0.717) is 0 Å². The van der Waals surface area contributed by atoms with E-state index >= 15 is 0 Å². The first kappa shape index (κ1) is 10.8. The number of carbonyl (C=O) groups excluding carboxylic acids is 2. The van der Waals surface area contributed by atoms with E-state index in [1.807, 2.05) is 0 Å². The van der Waals surface area contributed by atoms with Crippen LogP contribution in [0.2, 0.25) is 0 Å². The van der Waals surface area contributed by atoms with Gasteiger partial charge in [-0.3, -0.25) is 9.59 Å². The zero-order valence-corrected chi connectivity index (χ0v) is 7.39. The van der Waals surface area contributed by atoms with Crippen molar-refractivity contribution >= 4 is 17.3 Å². The highest BCUT2D eigenvalue weighted by Crippen LogP contribution is 1.95. The van der Waals surface area contributed by atoms with Gasteiger partial charge in [0.05, 0.1) is 5.71 Å². The summed E-state index contributed by atoms with van der Waals surface area (Å²) in [5.74, 6) is -0.319. The van der Waals surface area contributed by atoms with Gasteiger partial charge in [0.15, 0.2) is 11.6 Å². The van der Waals surface area contributed by atoms with Gasteiger partial charge < -0.3 is 5.41 Å². The lowest BCUT2D eigenvalue weighted by Gasteiger charge is -1.94. The molecule has 0 fully saturated rings. The number of hydrogen-bond donors (Lipinski definition) is 1. The molecule has 0 radical (unpaired) electrons. The highest BCUT2D eigenvalue weighted by atomic mass is 16.1. The van der Waals surface area contributed by atoms with Gasteiger partial charge in [0.1, 0.15) is 0 Å². The van der Waals surface area contributed by atoms with Crippen molar-refractivity contribution in [2.75, 3.05) is 0 Å². The van der Waals surface area contributed by atoms with E-state index < -0.39 is 0 Å². The monoisotopic (exact) mass is 167 g/mol. The molecule has 0 bridgehead atoms. The van der Waals surface area contributed by atoms with Crippen molar-refractivity contribution in [3.8, 4) is 0 Å². The Bertz CT molecular complexity index is 229. The molecule has 0 aliphatic carbocycles. The van der Waals surface area contributed by atoms with Crippen LogP contribution in [-0.4, -0.2) is 17.3 Å². The lowest BCUT2D eigenvalue weighted by Crippen LogP contribution is -2.09.